The predicted molar refractivity (Wildman–Crippen MR) is 110 cm³/mol. The molecule has 0 aliphatic carbocycles. The van der Waals surface area contributed by atoms with E-state index in [1.807, 2.05) is 47.1 Å². The average Bonchev–Trinajstić information content (AvgIpc) is 3.34. The Morgan fingerprint density at radius 1 is 1.03 bits per heavy atom. The van der Waals surface area contributed by atoms with E-state index in [1.165, 1.54) is 12.1 Å². The highest BCUT2D eigenvalue weighted by Gasteiger charge is 2.33. The number of rotatable bonds is 4. The number of halogens is 1. The van der Waals surface area contributed by atoms with Gasteiger partial charge in [-0.2, -0.15) is 5.10 Å². The molecule has 0 radical (unpaired) electrons. The molecule has 1 aliphatic heterocycles. The van der Waals surface area contributed by atoms with Gasteiger partial charge < -0.3 is 5.32 Å². The van der Waals surface area contributed by atoms with Gasteiger partial charge in [-0.25, -0.2) is 19.0 Å². The first kappa shape index (κ1) is 17.8. The Labute approximate surface area is 168 Å². The van der Waals surface area contributed by atoms with Gasteiger partial charge in [0.25, 0.3) is 0 Å². The molecule has 0 saturated carbocycles. The molecule has 1 saturated heterocycles. The second kappa shape index (κ2) is 7.25. The van der Waals surface area contributed by atoms with Gasteiger partial charge in [0.15, 0.2) is 5.65 Å². The van der Waals surface area contributed by atoms with E-state index >= 15 is 0 Å². The van der Waals surface area contributed by atoms with Crippen LogP contribution in [0.25, 0.3) is 16.7 Å². The summed E-state index contributed by atoms with van der Waals surface area (Å²) in [5, 5.41) is 9.01. The minimum Gasteiger partial charge on any atom is -0.365 e. The summed E-state index contributed by atoms with van der Waals surface area (Å²) in [6.07, 6.45) is 4.34. The summed E-state index contributed by atoms with van der Waals surface area (Å²) >= 11 is 0. The lowest BCUT2D eigenvalue weighted by Gasteiger charge is -2.26. The monoisotopic (exact) mass is 388 g/mol. The van der Waals surface area contributed by atoms with Crippen molar-refractivity contribution in [1.82, 2.24) is 24.6 Å². The number of likely N-dealkylation sites (tertiary alicyclic amines) is 1. The summed E-state index contributed by atoms with van der Waals surface area (Å²) in [6.45, 7) is 0.956. The number of para-hydroxylation sites is 1. The normalized spacial score (nSPS) is 19.7. The van der Waals surface area contributed by atoms with Gasteiger partial charge in [0.2, 0.25) is 0 Å². The van der Waals surface area contributed by atoms with Crippen LogP contribution in [0, 0.1) is 5.82 Å². The maximum absolute atomic E-state index is 13.4. The summed E-state index contributed by atoms with van der Waals surface area (Å²) in [7, 11) is 2.10. The van der Waals surface area contributed by atoms with Gasteiger partial charge >= 0.3 is 0 Å². The molecule has 5 rings (SSSR count). The smallest absolute Gasteiger partial charge is 0.168 e. The van der Waals surface area contributed by atoms with E-state index in [0.29, 0.717) is 0 Å². The highest BCUT2D eigenvalue weighted by molar-refractivity contribution is 5.87. The van der Waals surface area contributed by atoms with Crippen molar-refractivity contribution in [2.24, 2.45) is 0 Å². The fourth-order valence-electron chi connectivity index (χ4n) is 4.14. The van der Waals surface area contributed by atoms with Crippen molar-refractivity contribution in [3.8, 4) is 5.69 Å². The van der Waals surface area contributed by atoms with Gasteiger partial charge in [-0.05, 0) is 43.3 Å². The lowest BCUT2D eigenvalue weighted by molar-refractivity contribution is 0.309. The van der Waals surface area contributed by atoms with Crippen LogP contribution < -0.4 is 5.32 Å². The zero-order valence-corrected chi connectivity index (χ0v) is 16.0. The summed E-state index contributed by atoms with van der Waals surface area (Å²) < 4.78 is 15.2. The fraction of sp³-hybridized carbons (Fsp3) is 0.227. The molecule has 1 N–H and O–H groups in total. The SMILES string of the molecule is CN1CC[C@@H](Nc2ncnc3c2cnn3-c2ccccc2)[C@@H]1c1ccc(F)cc1. The first-order valence-corrected chi connectivity index (χ1v) is 9.67. The number of likely N-dealkylation sites (N-methyl/N-ethyl adjacent to an activating group) is 1. The van der Waals surface area contributed by atoms with E-state index in [9.17, 15) is 4.39 Å². The summed E-state index contributed by atoms with van der Waals surface area (Å²) in [5.41, 5.74) is 2.81. The first-order valence-electron chi connectivity index (χ1n) is 9.67. The van der Waals surface area contributed by atoms with Gasteiger partial charge in [0.1, 0.15) is 18.0 Å². The predicted octanol–water partition coefficient (Wildman–Crippen LogP) is 3.81. The Hall–Kier alpha value is -3.32. The minimum atomic E-state index is -0.218. The Balaban J connectivity index is 1.48. The molecule has 0 unspecified atom stereocenters. The molecule has 0 bridgehead atoms. The summed E-state index contributed by atoms with van der Waals surface area (Å²) in [4.78, 5) is 11.2. The van der Waals surface area contributed by atoms with E-state index in [2.05, 4.69) is 32.3 Å². The molecule has 3 heterocycles. The molecular weight excluding hydrogens is 367 g/mol. The number of fused-ring (bicyclic) bond motifs is 1. The molecule has 1 fully saturated rings. The lowest BCUT2D eigenvalue weighted by atomic mass is 10.00. The Bertz CT molecular complexity index is 1130. The third kappa shape index (κ3) is 3.23. The largest absolute Gasteiger partial charge is 0.365 e. The average molecular weight is 388 g/mol. The van der Waals surface area contributed by atoms with E-state index < -0.39 is 0 Å². The molecule has 2 aromatic heterocycles. The zero-order chi connectivity index (χ0) is 19.8. The van der Waals surface area contributed by atoms with Crippen LogP contribution in [0.2, 0.25) is 0 Å². The van der Waals surface area contributed by atoms with Crippen LogP contribution in [0.1, 0.15) is 18.0 Å². The second-order valence-corrected chi connectivity index (χ2v) is 7.37. The number of anilines is 1. The first-order chi connectivity index (χ1) is 14.2. The fourth-order valence-corrected chi connectivity index (χ4v) is 4.14. The van der Waals surface area contributed by atoms with Crippen molar-refractivity contribution in [3.05, 3.63) is 78.5 Å². The van der Waals surface area contributed by atoms with Crippen molar-refractivity contribution in [2.45, 2.75) is 18.5 Å². The van der Waals surface area contributed by atoms with Crippen molar-refractivity contribution in [3.63, 3.8) is 0 Å². The van der Waals surface area contributed by atoms with Gasteiger partial charge in [0.05, 0.1) is 23.3 Å². The van der Waals surface area contributed by atoms with Crippen LogP contribution in [0.4, 0.5) is 10.2 Å². The Kier molecular flexibility index (Phi) is 4.44. The molecular formula is C22H21FN6. The van der Waals surface area contributed by atoms with Crippen molar-refractivity contribution >= 4 is 16.9 Å². The van der Waals surface area contributed by atoms with Crippen LogP contribution in [0.15, 0.2) is 67.1 Å². The van der Waals surface area contributed by atoms with E-state index in [0.717, 1.165) is 41.1 Å². The second-order valence-electron chi connectivity index (χ2n) is 7.37. The number of aromatic nitrogens is 4. The molecule has 146 valence electrons. The van der Waals surface area contributed by atoms with Crippen LogP contribution in [0.3, 0.4) is 0 Å². The van der Waals surface area contributed by atoms with Crippen molar-refractivity contribution in [1.29, 1.82) is 0 Å². The molecule has 0 amide bonds. The van der Waals surface area contributed by atoms with E-state index in [1.54, 1.807) is 12.5 Å². The summed E-state index contributed by atoms with van der Waals surface area (Å²) in [6, 6.07) is 17.0. The molecule has 2 aromatic carbocycles. The third-order valence-electron chi connectivity index (χ3n) is 5.55. The van der Waals surface area contributed by atoms with Gasteiger partial charge in [-0.1, -0.05) is 30.3 Å². The van der Waals surface area contributed by atoms with Crippen LogP contribution in [0.5, 0.6) is 0 Å². The Morgan fingerprint density at radius 2 is 1.83 bits per heavy atom. The van der Waals surface area contributed by atoms with Gasteiger partial charge in [-0.3, -0.25) is 4.90 Å². The molecule has 0 spiro atoms. The van der Waals surface area contributed by atoms with E-state index in [4.69, 9.17) is 0 Å². The van der Waals surface area contributed by atoms with Crippen molar-refractivity contribution in [2.75, 3.05) is 18.9 Å². The third-order valence-corrected chi connectivity index (χ3v) is 5.55. The van der Waals surface area contributed by atoms with Crippen LogP contribution >= 0.6 is 0 Å². The number of benzene rings is 2. The maximum atomic E-state index is 13.4. The standard InChI is InChI=1S/C22H21FN6/c1-28-12-11-19(20(28)15-7-9-16(23)10-8-15)27-21-18-13-26-29(22(18)25-14-24-21)17-5-3-2-4-6-17/h2-10,13-14,19-20H,11-12H2,1H3,(H,24,25,27)/t19-,20+/m1/s1. The van der Waals surface area contributed by atoms with Crippen molar-refractivity contribution < 1.29 is 4.39 Å². The molecule has 29 heavy (non-hydrogen) atoms. The lowest BCUT2D eigenvalue weighted by Crippen LogP contribution is -2.29. The number of hydrogen-bond acceptors (Lipinski definition) is 5. The maximum Gasteiger partial charge on any atom is 0.168 e. The molecule has 1 aliphatic rings. The van der Waals surface area contributed by atoms with Crippen LogP contribution in [-0.4, -0.2) is 44.3 Å². The highest BCUT2D eigenvalue weighted by atomic mass is 19.1. The molecule has 7 heteroatoms. The highest BCUT2D eigenvalue weighted by Crippen LogP contribution is 2.34. The summed E-state index contributed by atoms with van der Waals surface area (Å²) in [5.74, 6) is 0.550. The topological polar surface area (TPSA) is 58.9 Å². The Morgan fingerprint density at radius 3 is 2.62 bits per heavy atom. The molecule has 6 nitrogen and oxygen atoms in total. The van der Waals surface area contributed by atoms with Crippen LogP contribution in [-0.2, 0) is 0 Å². The van der Waals surface area contributed by atoms with Gasteiger partial charge in [-0.15, -0.1) is 0 Å². The number of hydrogen-bond donors (Lipinski definition) is 1. The number of nitrogens with one attached hydrogen (secondary N) is 1. The van der Waals surface area contributed by atoms with Gasteiger partial charge in [0, 0.05) is 12.6 Å². The minimum absolute atomic E-state index is 0.143. The quantitative estimate of drug-likeness (QED) is 0.576. The zero-order valence-electron chi connectivity index (χ0n) is 16.0. The van der Waals surface area contributed by atoms with E-state index in [-0.39, 0.29) is 17.9 Å². The molecule has 4 aromatic rings. The number of nitrogens with zero attached hydrogens (tertiary/aromatic N) is 5. The molecule has 2 atom stereocenters.